The van der Waals surface area contributed by atoms with Crippen molar-refractivity contribution in [2.75, 3.05) is 11.1 Å². The van der Waals surface area contributed by atoms with Crippen LogP contribution in [0.2, 0.25) is 0 Å². The third-order valence-electron chi connectivity index (χ3n) is 4.11. The van der Waals surface area contributed by atoms with Crippen LogP contribution >= 0.6 is 0 Å². The first kappa shape index (κ1) is 16.1. The minimum absolute atomic E-state index is 0.226. The molecular weight excluding hydrogens is 330 g/mol. The van der Waals surface area contributed by atoms with Gasteiger partial charge in [-0.05, 0) is 25.1 Å². The molecule has 0 spiro atoms. The average Bonchev–Trinajstić information content (AvgIpc) is 3.16. The van der Waals surface area contributed by atoms with E-state index in [1.54, 1.807) is 6.20 Å². The van der Waals surface area contributed by atoms with Crippen LogP contribution in [0, 0.1) is 13.8 Å². The summed E-state index contributed by atoms with van der Waals surface area (Å²) in [5.41, 5.74) is 9.33. The topological polar surface area (TPSA) is 108 Å². The van der Waals surface area contributed by atoms with Crippen LogP contribution in [0.25, 0.3) is 11.0 Å². The van der Waals surface area contributed by atoms with E-state index in [-0.39, 0.29) is 5.95 Å². The maximum absolute atomic E-state index is 5.87. The molecule has 0 bridgehead atoms. The molecule has 0 unspecified atom stereocenters. The number of hydrogen-bond donors (Lipinski definition) is 2. The highest BCUT2D eigenvalue weighted by atomic mass is 16.4. The summed E-state index contributed by atoms with van der Waals surface area (Å²) in [4.78, 5) is 17.5. The van der Waals surface area contributed by atoms with Gasteiger partial charge in [0, 0.05) is 19.3 Å². The summed E-state index contributed by atoms with van der Waals surface area (Å²) in [6, 6.07) is 7.78. The molecule has 4 aromatic heterocycles. The van der Waals surface area contributed by atoms with E-state index in [4.69, 9.17) is 10.2 Å². The van der Waals surface area contributed by atoms with Gasteiger partial charge in [0.25, 0.3) is 0 Å². The number of aryl methyl sites for hydroxylation is 2. The van der Waals surface area contributed by atoms with Gasteiger partial charge in [0.2, 0.25) is 5.95 Å². The molecule has 8 nitrogen and oxygen atoms in total. The smallest absolute Gasteiger partial charge is 0.222 e. The summed E-state index contributed by atoms with van der Waals surface area (Å²) in [6.07, 6.45) is 3.74. The fourth-order valence-corrected chi connectivity index (χ4v) is 2.95. The normalized spacial score (nSPS) is 11.2. The first-order valence-electron chi connectivity index (χ1n) is 8.29. The summed E-state index contributed by atoms with van der Waals surface area (Å²) in [5.74, 6) is 2.32. The van der Waals surface area contributed by atoms with Crippen molar-refractivity contribution in [1.29, 1.82) is 0 Å². The number of aromatic nitrogens is 5. The zero-order valence-corrected chi connectivity index (χ0v) is 14.6. The molecule has 3 N–H and O–H groups in total. The third-order valence-corrected chi connectivity index (χ3v) is 4.11. The third kappa shape index (κ3) is 3.08. The van der Waals surface area contributed by atoms with Crippen molar-refractivity contribution in [3.05, 3.63) is 59.7 Å². The van der Waals surface area contributed by atoms with Crippen molar-refractivity contribution in [3.8, 4) is 0 Å². The Morgan fingerprint density at radius 1 is 1.15 bits per heavy atom. The Bertz CT molecular complexity index is 1050. The van der Waals surface area contributed by atoms with Crippen molar-refractivity contribution in [3.63, 3.8) is 0 Å². The molecule has 0 aromatic carbocycles. The van der Waals surface area contributed by atoms with E-state index in [1.807, 2.05) is 44.3 Å². The van der Waals surface area contributed by atoms with Gasteiger partial charge in [-0.3, -0.25) is 4.98 Å². The van der Waals surface area contributed by atoms with Gasteiger partial charge >= 0.3 is 0 Å². The molecule has 0 aliphatic carbocycles. The Morgan fingerprint density at radius 3 is 2.77 bits per heavy atom. The zero-order chi connectivity index (χ0) is 18.1. The average molecular weight is 349 g/mol. The van der Waals surface area contributed by atoms with Gasteiger partial charge in [0.05, 0.1) is 24.3 Å². The maximum atomic E-state index is 5.87. The minimum Gasteiger partial charge on any atom is -0.446 e. The Hall–Kier alpha value is -3.42. The first-order chi connectivity index (χ1) is 12.6. The van der Waals surface area contributed by atoms with Crippen LogP contribution in [0.15, 0.2) is 41.1 Å². The standard InChI is InChI=1S/C18H19N7O/c1-11-15(22-12(2)26-11)9-21-17-16-14(23-18(19)24-17)6-8-25(16)10-13-5-3-4-7-20-13/h3-8H,9-10H2,1-2H3,(H3,19,21,23,24). The van der Waals surface area contributed by atoms with Gasteiger partial charge in [0.1, 0.15) is 17.0 Å². The fraction of sp³-hybridized carbons (Fsp3) is 0.222. The lowest BCUT2D eigenvalue weighted by Gasteiger charge is -2.10. The van der Waals surface area contributed by atoms with Gasteiger partial charge in [-0.15, -0.1) is 0 Å². The van der Waals surface area contributed by atoms with Gasteiger partial charge < -0.3 is 20.0 Å². The summed E-state index contributed by atoms with van der Waals surface area (Å²) in [6.45, 7) is 4.83. The van der Waals surface area contributed by atoms with Crippen molar-refractivity contribution in [1.82, 2.24) is 24.5 Å². The minimum atomic E-state index is 0.226. The Balaban J connectivity index is 1.68. The molecule has 0 radical (unpaired) electrons. The van der Waals surface area contributed by atoms with Gasteiger partial charge in [-0.2, -0.15) is 4.98 Å². The number of anilines is 2. The molecule has 0 fully saturated rings. The highest BCUT2D eigenvalue weighted by Gasteiger charge is 2.13. The molecule has 4 aromatic rings. The molecular formula is C18H19N7O. The van der Waals surface area contributed by atoms with E-state index >= 15 is 0 Å². The number of nitrogens with zero attached hydrogens (tertiary/aromatic N) is 5. The van der Waals surface area contributed by atoms with Crippen molar-refractivity contribution in [2.24, 2.45) is 0 Å². The zero-order valence-electron chi connectivity index (χ0n) is 14.6. The van der Waals surface area contributed by atoms with E-state index in [9.17, 15) is 0 Å². The van der Waals surface area contributed by atoms with Crippen LogP contribution < -0.4 is 11.1 Å². The largest absolute Gasteiger partial charge is 0.446 e. The second-order valence-corrected chi connectivity index (χ2v) is 6.02. The number of oxazole rings is 1. The number of rotatable bonds is 5. The molecule has 0 atom stereocenters. The second-order valence-electron chi connectivity index (χ2n) is 6.02. The van der Waals surface area contributed by atoms with Crippen LogP contribution in [-0.4, -0.2) is 24.5 Å². The number of nitrogens with one attached hydrogen (secondary N) is 1. The monoisotopic (exact) mass is 349 g/mol. The van der Waals surface area contributed by atoms with E-state index in [0.29, 0.717) is 24.8 Å². The number of nitrogens with two attached hydrogens (primary N) is 1. The molecule has 4 heterocycles. The van der Waals surface area contributed by atoms with Crippen LogP contribution in [0.5, 0.6) is 0 Å². The fourth-order valence-electron chi connectivity index (χ4n) is 2.95. The molecule has 0 saturated carbocycles. The van der Waals surface area contributed by atoms with E-state index in [1.165, 1.54) is 0 Å². The summed E-state index contributed by atoms with van der Waals surface area (Å²) in [5, 5.41) is 3.32. The van der Waals surface area contributed by atoms with Crippen LogP contribution in [0.4, 0.5) is 11.8 Å². The lowest BCUT2D eigenvalue weighted by molar-refractivity contribution is 0.493. The molecule has 26 heavy (non-hydrogen) atoms. The van der Waals surface area contributed by atoms with E-state index in [2.05, 4.69) is 29.8 Å². The molecule has 132 valence electrons. The maximum Gasteiger partial charge on any atom is 0.222 e. The molecule has 0 amide bonds. The number of nitrogen functional groups attached to an aromatic ring is 1. The first-order valence-corrected chi connectivity index (χ1v) is 8.29. The molecule has 0 saturated heterocycles. The lowest BCUT2D eigenvalue weighted by Crippen LogP contribution is -2.09. The number of pyridine rings is 1. The van der Waals surface area contributed by atoms with E-state index in [0.717, 1.165) is 28.2 Å². The predicted octanol–water partition coefficient (Wildman–Crippen LogP) is 2.67. The summed E-state index contributed by atoms with van der Waals surface area (Å²) in [7, 11) is 0. The Labute approximate surface area is 150 Å². The van der Waals surface area contributed by atoms with Crippen molar-refractivity contribution < 1.29 is 4.42 Å². The van der Waals surface area contributed by atoms with Crippen molar-refractivity contribution >= 4 is 22.8 Å². The molecule has 0 aliphatic heterocycles. The quantitative estimate of drug-likeness (QED) is 0.570. The Kier molecular flexibility index (Phi) is 4.00. The van der Waals surface area contributed by atoms with Crippen LogP contribution in [0.1, 0.15) is 23.0 Å². The number of hydrogen-bond acceptors (Lipinski definition) is 7. The summed E-state index contributed by atoms with van der Waals surface area (Å²) < 4.78 is 7.54. The van der Waals surface area contributed by atoms with Gasteiger partial charge in [0.15, 0.2) is 11.7 Å². The van der Waals surface area contributed by atoms with Crippen LogP contribution in [-0.2, 0) is 13.1 Å². The predicted molar refractivity (Wildman–Crippen MR) is 98.6 cm³/mol. The highest BCUT2D eigenvalue weighted by molar-refractivity contribution is 5.87. The molecule has 0 aliphatic rings. The number of fused-ring (bicyclic) bond motifs is 1. The second kappa shape index (κ2) is 6.47. The van der Waals surface area contributed by atoms with Gasteiger partial charge in [-0.1, -0.05) is 6.07 Å². The lowest BCUT2D eigenvalue weighted by atomic mass is 10.3. The van der Waals surface area contributed by atoms with Crippen LogP contribution in [0.3, 0.4) is 0 Å². The SMILES string of the molecule is Cc1nc(CNc2nc(N)nc3ccn(Cc4ccccn4)c23)c(C)o1. The molecule has 8 heteroatoms. The van der Waals surface area contributed by atoms with Crippen molar-refractivity contribution in [2.45, 2.75) is 26.9 Å². The highest BCUT2D eigenvalue weighted by Crippen LogP contribution is 2.24. The Morgan fingerprint density at radius 2 is 2.04 bits per heavy atom. The van der Waals surface area contributed by atoms with E-state index < -0.39 is 0 Å². The van der Waals surface area contributed by atoms with Gasteiger partial charge in [-0.25, -0.2) is 9.97 Å². The summed E-state index contributed by atoms with van der Waals surface area (Å²) >= 11 is 0. The molecule has 4 rings (SSSR count).